The lowest BCUT2D eigenvalue weighted by molar-refractivity contribution is -0.134. The van der Waals surface area contributed by atoms with Gasteiger partial charge in [0, 0.05) is 13.1 Å². The lowest BCUT2D eigenvalue weighted by Crippen LogP contribution is -2.48. The Morgan fingerprint density at radius 1 is 0.844 bits per heavy atom. The third-order valence-electron chi connectivity index (χ3n) is 8.99. The number of ether oxygens (including phenoxy) is 1. The Morgan fingerprint density at radius 2 is 1.44 bits per heavy atom. The van der Waals surface area contributed by atoms with Crippen molar-refractivity contribution >= 4 is 5.91 Å². The van der Waals surface area contributed by atoms with E-state index in [-0.39, 0.29) is 12.5 Å². The zero-order valence-electron chi connectivity index (χ0n) is 19.0. The van der Waals surface area contributed by atoms with E-state index < -0.39 is 0 Å². The van der Waals surface area contributed by atoms with E-state index in [4.69, 9.17) is 4.74 Å². The molecule has 0 N–H and O–H groups in total. The first-order valence-electron chi connectivity index (χ1n) is 12.7. The minimum atomic E-state index is 0.113. The van der Waals surface area contributed by atoms with Gasteiger partial charge in [0.25, 0.3) is 5.91 Å². The minimum Gasteiger partial charge on any atom is -0.484 e. The van der Waals surface area contributed by atoms with Gasteiger partial charge in [-0.25, -0.2) is 0 Å². The molecule has 4 bridgehead atoms. The molecule has 168 valence electrons. The van der Waals surface area contributed by atoms with Crippen LogP contribution < -0.4 is 4.74 Å². The van der Waals surface area contributed by atoms with E-state index in [1.807, 2.05) is 4.90 Å². The zero-order chi connectivity index (χ0) is 21.5. The fourth-order valence-electron chi connectivity index (χ4n) is 7.79. The van der Waals surface area contributed by atoms with Gasteiger partial charge in [-0.3, -0.25) is 4.79 Å². The van der Waals surface area contributed by atoms with Crippen LogP contribution >= 0.6 is 0 Å². The van der Waals surface area contributed by atoms with Crippen LogP contribution in [0.25, 0.3) is 0 Å². The maximum atomic E-state index is 12.7. The monoisotopic (exact) mass is 429 g/mol. The highest BCUT2D eigenvalue weighted by molar-refractivity contribution is 5.77. The SMILES string of the molecule is O=C(COc1ccc(C23CC4CC(CC(C4)C2)C3)cc1)N1CCC(c2ccccc2)CC1. The molecule has 7 rings (SSSR count). The molecular formula is C29H35NO2. The number of hydrogen-bond donors (Lipinski definition) is 0. The Labute approximate surface area is 192 Å². The third kappa shape index (κ3) is 3.84. The molecule has 32 heavy (non-hydrogen) atoms. The smallest absolute Gasteiger partial charge is 0.260 e. The van der Waals surface area contributed by atoms with Crippen molar-refractivity contribution in [1.29, 1.82) is 0 Å². The van der Waals surface area contributed by atoms with Crippen LogP contribution in [0.4, 0.5) is 0 Å². The molecule has 0 radical (unpaired) electrons. The molecular weight excluding hydrogens is 394 g/mol. The van der Waals surface area contributed by atoms with Gasteiger partial charge in [-0.1, -0.05) is 42.5 Å². The van der Waals surface area contributed by atoms with Crippen molar-refractivity contribution in [3.63, 3.8) is 0 Å². The van der Waals surface area contributed by atoms with Crippen LogP contribution in [0.15, 0.2) is 54.6 Å². The number of hydrogen-bond acceptors (Lipinski definition) is 2. The van der Waals surface area contributed by atoms with Crippen molar-refractivity contribution in [2.75, 3.05) is 19.7 Å². The van der Waals surface area contributed by atoms with E-state index >= 15 is 0 Å². The predicted molar refractivity (Wildman–Crippen MR) is 127 cm³/mol. The number of piperidine rings is 1. The lowest BCUT2D eigenvalue weighted by Gasteiger charge is -2.57. The molecule has 0 atom stereocenters. The largest absolute Gasteiger partial charge is 0.484 e. The first-order chi connectivity index (χ1) is 15.7. The van der Waals surface area contributed by atoms with Gasteiger partial charge in [0.05, 0.1) is 0 Å². The fraction of sp³-hybridized carbons (Fsp3) is 0.552. The lowest BCUT2D eigenvalue weighted by atomic mass is 9.48. The highest BCUT2D eigenvalue weighted by Gasteiger charge is 2.51. The number of carbonyl (C=O) groups excluding carboxylic acids is 1. The summed E-state index contributed by atoms with van der Waals surface area (Å²) < 4.78 is 5.92. The van der Waals surface area contributed by atoms with Crippen LogP contribution in [0.5, 0.6) is 5.75 Å². The van der Waals surface area contributed by atoms with Crippen LogP contribution in [0.1, 0.15) is 68.4 Å². The summed E-state index contributed by atoms with van der Waals surface area (Å²) in [6.45, 7) is 1.80. The number of nitrogens with zero attached hydrogens (tertiary/aromatic N) is 1. The van der Waals surface area contributed by atoms with Gasteiger partial charge >= 0.3 is 0 Å². The average Bonchev–Trinajstić information content (AvgIpc) is 2.83. The molecule has 1 saturated heterocycles. The van der Waals surface area contributed by atoms with Crippen LogP contribution in [0.3, 0.4) is 0 Å². The van der Waals surface area contributed by atoms with Crippen molar-refractivity contribution in [2.45, 2.75) is 62.7 Å². The summed E-state index contributed by atoms with van der Waals surface area (Å²) in [5, 5.41) is 0. The molecule has 2 aromatic rings. The quantitative estimate of drug-likeness (QED) is 0.589. The van der Waals surface area contributed by atoms with E-state index in [0.717, 1.165) is 49.4 Å². The summed E-state index contributed by atoms with van der Waals surface area (Å²) in [5.41, 5.74) is 3.33. The molecule has 0 spiro atoms. The van der Waals surface area contributed by atoms with E-state index in [1.165, 1.54) is 49.7 Å². The molecule has 1 amide bonds. The molecule has 1 aliphatic heterocycles. The first-order valence-corrected chi connectivity index (χ1v) is 12.7. The Morgan fingerprint density at radius 3 is 2.03 bits per heavy atom. The van der Waals surface area contributed by atoms with Crippen molar-refractivity contribution in [2.24, 2.45) is 17.8 Å². The molecule has 4 aliphatic carbocycles. The molecule has 0 aromatic heterocycles. The van der Waals surface area contributed by atoms with E-state index in [0.29, 0.717) is 11.3 Å². The van der Waals surface area contributed by atoms with Crippen LogP contribution in [0.2, 0.25) is 0 Å². The summed E-state index contributed by atoms with van der Waals surface area (Å²) in [4.78, 5) is 14.7. The molecule has 2 aromatic carbocycles. The van der Waals surface area contributed by atoms with Gasteiger partial charge in [-0.15, -0.1) is 0 Å². The van der Waals surface area contributed by atoms with E-state index in [1.54, 1.807) is 0 Å². The Kier molecular flexibility index (Phi) is 5.24. The summed E-state index contributed by atoms with van der Waals surface area (Å²) >= 11 is 0. The van der Waals surface area contributed by atoms with Crippen LogP contribution in [0, 0.1) is 17.8 Å². The Bertz CT molecular complexity index is 908. The van der Waals surface area contributed by atoms with Gasteiger partial charge in [0.2, 0.25) is 0 Å². The number of likely N-dealkylation sites (tertiary alicyclic amines) is 1. The summed E-state index contributed by atoms with van der Waals surface area (Å²) in [6, 6.07) is 19.5. The van der Waals surface area contributed by atoms with Crippen molar-refractivity contribution in [3.8, 4) is 5.75 Å². The zero-order valence-corrected chi connectivity index (χ0v) is 19.0. The van der Waals surface area contributed by atoms with Crippen molar-refractivity contribution < 1.29 is 9.53 Å². The van der Waals surface area contributed by atoms with Crippen molar-refractivity contribution in [3.05, 3.63) is 65.7 Å². The second-order valence-electron chi connectivity index (χ2n) is 11.1. The van der Waals surface area contributed by atoms with Gasteiger partial charge in [0.15, 0.2) is 6.61 Å². The van der Waals surface area contributed by atoms with E-state index in [2.05, 4.69) is 54.6 Å². The van der Waals surface area contributed by atoms with Crippen molar-refractivity contribution in [1.82, 2.24) is 4.90 Å². The third-order valence-corrected chi connectivity index (χ3v) is 8.99. The van der Waals surface area contributed by atoms with Crippen LogP contribution in [-0.2, 0) is 10.2 Å². The van der Waals surface area contributed by atoms with Crippen LogP contribution in [-0.4, -0.2) is 30.5 Å². The maximum Gasteiger partial charge on any atom is 0.260 e. The summed E-state index contributed by atoms with van der Waals surface area (Å²) in [7, 11) is 0. The number of benzene rings is 2. The summed E-state index contributed by atoms with van der Waals surface area (Å²) in [5.74, 6) is 4.38. The average molecular weight is 430 g/mol. The number of carbonyl (C=O) groups is 1. The minimum absolute atomic E-state index is 0.113. The van der Waals surface area contributed by atoms with Gasteiger partial charge in [-0.05, 0) is 104 Å². The topological polar surface area (TPSA) is 29.5 Å². The second kappa shape index (κ2) is 8.24. The summed E-state index contributed by atoms with van der Waals surface area (Å²) in [6.07, 6.45) is 10.7. The molecule has 4 saturated carbocycles. The first kappa shape index (κ1) is 20.3. The van der Waals surface area contributed by atoms with Gasteiger partial charge in [0.1, 0.15) is 5.75 Å². The Hall–Kier alpha value is -2.29. The molecule has 3 heteroatoms. The highest BCUT2D eigenvalue weighted by atomic mass is 16.5. The van der Waals surface area contributed by atoms with Gasteiger partial charge in [-0.2, -0.15) is 0 Å². The standard InChI is InChI=1S/C29H35NO2/c31-28(30-12-10-25(11-13-30)24-4-2-1-3-5-24)20-32-27-8-6-26(7-9-27)29-17-21-14-22(18-29)16-23(15-21)19-29/h1-9,21-23,25H,10-20H2. The maximum absolute atomic E-state index is 12.7. The van der Waals surface area contributed by atoms with E-state index in [9.17, 15) is 4.79 Å². The number of rotatable bonds is 5. The normalized spacial score (nSPS) is 31.6. The predicted octanol–water partition coefficient (Wildman–Crippen LogP) is 5.94. The molecule has 1 heterocycles. The Balaban J connectivity index is 1.02. The highest BCUT2D eigenvalue weighted by Crippen LogP contribution is 2.60. The molecule has 5 aliphatic rings. The number of amides is 1. The molecule has 5 fully saturated rings. The fourth-order valence-corrected chi connectivity index (χ4v) is 7.79. The molecule has 3 nitrogen and oxygen atoms in total. The molecule has 0 unspecified atom stereocenters. The second-order valence-corrected chi connectivity index (χ2v) is 11.1. The van der Waals surface area contributed by atoms with Gasteiger partial charge < -0.3 is 9.64 Å².